The summed E-state index contributed by atoms with van der Waals surface area (Å²) in [6.07, 6.45) is 2.33. The number of carbonyl (C=O) groups is 2. The normalized spacial score (nSPS) is 17.6. The monoisotopic (exact) mass is 380 g/mol. The van der Waals surface area contributed by atoms with E-state index in [1.54, 1.807) is 11.0 Å². The fourth-order valence-corrected chi connectivity index (χ4v) is 3.66. The quantitative estimate of drug-likeness (QED) is 0.728. The van der Waals surface area contributed by atoms with Crippen molar-refractivity contribution >= 4 is 23.8 Å². The zero-order valence-corrected chi connectivity index (χ0v) is 15.8. The van der Waals surface area contributed by atoms with Crippen LogP contribution in [0.25, 0.3) is 0 Å². The van der Waals surface area contributed by atoms with Crippen LogP contribution in [0.5, 0.6) is 0 Å². The van der Waals surface area contributed by atoms with E-state index in [-0.39, 0.29) is 5.91 Å². The number of hydrogen-bond donors (Lipinski definition) is 0. The van der Waals surface area contributed by atoms with Gasteiger partial charge in [0.15, 0.2) is 0 Å². The SMILES string of the molecule is O=CN1CCN(c2cc(C(=O)N3CCN(c4ccccc4)CC3)ncn2)CC1. The predicted octanol–water partition coefficient (Wildman–Crippen LogP) is 0.717. The van der Waals surface area contributed by atoms with Crippen LogP contribution in [0.4, 0.5) is 11.5 Å². The van der Waals surface area contributed by atoms with Gasteiger partial charge in [0, 0.05) is 64.1 Å². The number of amides is 2. The number of anilines is 2. The van der Waals surface area contributed by atoms with Gasteiger partial charge >= 0.3 is 0 Å². The van der Waals surface area contributed by atoms with Gasteiger partial charge in [0.1, 0.15) is 17.8 Å². The molecule has 8 heteroatoms. The molecule has 2 aromatic rings. The van der Waals surface area contributed by atoms with Gasteiger partial charge in [0.25, 0.3) is 5.91 Å². The molecule has 2 amide bonds. The van der Waals surface area contributed by atoms with E-state index in [1.165, 1.54) is 12.0 Å². The Labute approximate surface area is 164 Å². The highest BCUT2D eigenvalue weighted by Gasteiger charge is 2.24. The van der Waals surface area contributed by atoms with E-state index in [0.29, 0.717) is 45.0 Å². The van der Waals surface area contributed by atoms with Gasteiger partial charge in [0.2, 0.25) is 6.41 Å². The van der Waals surface area contributed by atoms with Gasteiger partial charge in [-0.05, 0) is 12.1 Å². The summed E-state index contributed by atoms with van der Waals surface area (Å²) in [5, 5.41) is 0. The van der Waals surface area contributed by atoms with Crippen molar-refractivity contribution < 1.29 is 9.59 Å². The Balaban J connectivity index is 1.38. The highest BCUT2D eigenvalue weighted by molar-refractivity contribution is 5.93. The van der Waals surface area contributed by atoms with Crippen molar-refractivity contribution in [3.63, 3.8) is 0 Å². The topological polar surface area (TPSA) is 72.9 Å². The average Bonchev–Trinajstić information content (AvgIpc) is 2.79. The fraction of sp³-hybridized carbons (Fsp3) is 0.400. The van der Waals surface area contributed by atoms with Gasteiger partial charge in [-0.1, -0.05) is 18.2 Å². The molecule has 2 aliphatic rings. The van der Waals surface area contributed by atoms with Crippen molar-refractivity contribution in [3.05, 3.63) is 48.4 Å². The Bertz CT molecular complexity index is 814. The second kappa shape index (κ2) is 8.24. The molecule has 0 spiro atoms. The number of carbonyl (C=O) groups excluding carboxylic acids is 2. The van der Waals surface area contributed by atoms with Crippen LogP contribution in [0.1, 0.15) is 10.5 Å². The first-order valence-electron chi connectivity index (χ1n) is 9.60. The Hall–Kier alpha value is -3.16. The smallest absolute Gasteiger partial charge is 0.272 e. The van der Waals surface area contributed by atoms with E-state index in [4.69, 9.17) is 0 Å². The van der Waals surface area contributed by atoms with Crippen molar-refractivity contribution in [1.82, 2.24) is 19.8 Å². The van der Waals surface area contributed by atoms with Crippen LogP contribution < -0.4 is 9.80 Å². The number of benzene rings is 1. The van der Waals surface area contributed by atoms with Crippen LogP contribution >= 0.6 is 0 Å². The van der Waals surface area contributed by atoms with Crippen LogP contribution in [0.15, 0.2) is 42.7 Å². The minimum Gasteiger partial charge on any atom is -0.368 e. The van der Waals surface area contributed by atoms with E-state index in [0.717, 1.165) is 25.3 Å². The second-order valence-electron chi connectivity index (χ2n) is 7.00. The minimum absolute atomic E-state index is 0.0529. The minimum atomic E-state index is -0.0529. The summed E-state index contributed by atoms with van der Waals surface area (Å²) >= 11 is 0. The molecule has 0 bridgehead atoms. The zero-order chi connectivity index (χ0) is 19.3. The number of rotatable bonds is 4. The lowest BCUT2D eigenvalue weighted by Gasteiger charge is -2.36. The zero-order valence-electron chi connectivity index (χ0n) is 15.8. The standard InChI is InChI=1S/C20H24N6O2/c27-16-23-6-8-25(9-7-23)19-14-18(21-15-22-19)20(28)26-12-10-24(11-13-26)17-4-2-1-3-5-17/h1-5,14-16H,6-13H2. The van der Waals surface area contributed by atoms with Crippen LogP contribution in [0, 0.1) is 0 Å². The third kappa shape index (κ3) is 3.90. The summed E-state index contributed by atoms with van der Waals surface area (Å²) in [6.45, 7) is 5.70. The molecule has 0 saturated carbocycles. The Morgan fingerprint density at radius 2 is 1.54 bits per heavy atom. The number of hydrogen-bond acceptors (Lipinski definition) is 6. The third-order valence-corrected chi connectivity index (χ3v) is 5.35. The maximum absolute atomic E-state index is 12.9. The average molecular weight is 380 g/mol. The molecule has 3 heterocycles. The van der Waals surface area contributed by atoms with E-state index >= 15 is 0 Å². The molecule has 8 nitrogen and oxygen atoms in total. The first-order chi connectivity index (χ1) is 13.7. The van der Waals surface area contributed by atoms with Crippen molar-refractivity contribution in [2.75, 3.05) is 62.2 Å². The van der Waals surface area contributed by atoms with Gasteiger partial charge < -0.3 is 19.6 Å². The Kier molecular flexibility index (Phi) is 5.36. The molecule has 0 unspecified atom stereocenters. The summed E-state index contributed by atoms with van der Waals surface area (Å²) in [5.41, 5.74) is 1.62. The Morgan fingerprint density at radius 1 is 0.857 bits per heavy atom. The summed E-state index contributed by atoms with van der Waals surface area (Å²) in [7, 11) is 0. The highest BCUT2D eigenvalue weighted by Crippen LogP contribution is 2.18. The fourth-order valence-electron chi connectivity index (χ4n) is 3.66. The van der Waals surface area contributed by atoms with Gasteiger partial charge in [-0.25, -0.2) is 9.97 Å². The number of nitrogens with zero attached hydrogens (tertiary/aromatic N) is 6. The number of para-hydroxylation sites is 1. The number of piperazine rings is 2. The maximum Gasteiger partial charge on any atom is 0.272 e. The molecule has 28 heavy (non-hydrogen) atoms. The van der Waals surface area contributed by atoms with Crippen molar-refractivity contribution in [3.8, 4) is 0 Å². The van der Waals surface area contributed by atoms with Crippen LogP contribution in [0.3, 0.4) is 0 Å². The first kappa shape index (κ1) is 18.2. The third-order valence-electron chi connectivity index (χ3n) is 5.35. The lowest BCUT2D eigenvalue weighted by molar-refractivity contribution is -0.118. The molecule has 2 aliphatic heterocycles. The molecule has 2 fully saturated rings. The van der Waals surface area contributed by atoms with Crippen molar-refractivity contribution in [2.45, 2.75) is 0 Å². The molecule has 4 rings (SSSR count). The predicted molar refractivity (Wildman–Crippen MR) is 106 cm³/mol. The highest BCUT2D eigenvalue weighted by atomic mass is 16.2. The lowest BCUT2D eigenvalue weighted by atomic mass is 10.2. The van der Waals surface area contributed by atoms with Crippen LogP contribution in [0.2, 0.25) is 0 Å². The van der Waals surface area contributed by atoms with E-state index in [1.807, 2.05) is 23.1 Å². The Morgan fingerprint density at radius 3 is 2.21 bits per heavy atom. The lowest BCUT2D eigenvalue weighted by Crippen LogP contribution is -2.49. The molecule has 0 radical (unpaired) electrons. The summed E-state index contributed by atoms with van der Waals surface area (Å²) in [4.78, 5) is 40.3. The largest absolute Gasteiger partial charge is 0.368 e. The molecule has 2 saturated heterocycles. The van der Waals surface area contributed by atoms with E-state index < -0.39 is 0 Å². The summed E-state index contributed by atoms with van der Waals surface area (Å²) in [5.74, 6) is 0.690. The second-order valence-corrected chi connectivity index (χ2v) is 7.00. The van der Waals surface area contributed by atoms with Crippen molar-refractivity contribution in [2.24, 2.45) is 0 Å². The van der Waals surface area contributed by atoms with Crippen LogP contribution in [-0.2, 0) is 4.79 Å². The molecule has 0 atom stereocenters. The van der Waals surface area contributed by atoms with E-state index in [2.05, 4.69) is 31.9 Å². The van der Waals surface area contributed by atoms with Gasteiger partial charge in [-0.3, -0.25) is 9.59 Å². The molecular weight excluding hydrogens is 356 g/mol. The number of aromatic nitrogens is 2. The van der Waals surface area contributed by atoms with Crippen molar-refractivity contribution in [1.29, 1.82) is 0 Å². The van der Waals surface area contributed by atoms with Crippen LogP contribution in [-0.4, -0.2) is 84.4 Å². The van der Waals surface area contributed by atoms with E-state index in [9.17, 15) is 9.59 Å². The maximum atomic E-state index is 12.9. The van der Waals surface area contributed by atoms with Gasteiger partial charge in [-0.2, -0.15) is 0 Å². The molecule has 1 aromatic carbocycles. The first-order valence-corrected chi connectivity index (χ1v) is 9.60. The molecule has 1 aromatic heterocycles. The summed E-state index contributed by atoms with van der Waals surface area (Å²) < 4.78 is 0. The molecule has 0 aliphatic carbocycles. The molecular formula is C20H24N6O2. The molecule has 146 valence electrons. The molecule has 0 N–H and O–H groups in total. The van der Waals surface area contributed by atoms with Gasteiger partial charge in [-0.15, -0.1) is 0 Å². The van der Waals surface area contributed by atoms with Gasteiger partial charge in [0.05, 0.1) is 0 Å². The summed E-state index contributed by atoms with van der Waals surface area (Å²) in [6, 6.07) is 12.0.